The van der Waals surface area contributed by atoms with Crippen molar-refractivity contribution in [1.82, 2.24) is 25.5 Å². The number of rotatable bonds is 7. The van der Waals surface area contributed by atoms with Crippen LogP contribution in [0.15, 0.2) is 54.6 Å². The van der Waals surface area contributed by atoms with Crippen molar-refractivity contribution < 1.29 is 14.4 Å². The van der Waals surface area contributed by atoms with E-state index >= 15 is 0 Å². The fourth-order valence-electron chi connectivity index (χ4n) is 3.33. The van der Waals surface area contributed by atoms with Crippen LogP contribution in [0.5, 0.6) is 0 Å². The molecule has 2 aromatic carbocycles. The topological polar surface area (TPSA) is 107 Å². The molecule has 8 heteroatoms. The van der Waals surface area contributed by atoms with Crippen molar-refractivity contribution in [2.75, 3.05) is 6.54 Å². The molecule has 0 radical (unpaired) electrons. The Morgan fingerprint density at radius 2 is 1.83 bits per heavy atom. The summed E-state index contributed by atoms with van der Waals surface area (Å²) in [7, 11) is 0. The zero-order valence-electron chi connectivity index (χ0n) is 15.7. The number of carbonyl (C=O) groups is 3. The van der Waals surface area contributed by atoms with Gasteiger partial charge >= 0.3 is 6.03 Å². The van der Waals surface area contributed by atoms with E-state index in [2.05, 4.69) is 20.6 Å². The third-order valence-electron chi connectivity index (χ3n) is 4.80. The average molecular weight is 391 g/mol. The van der Waals surface area contributed by atoms with E-state index in [9.17, 15) is 14.4 Å². The van der Waals surface area contributed by atoms with E-state index in [4.69, 9.17) is 0 Å². The second-order valence-electron chi connectivity index (χ2n) is 6.92. The summed E-state index contributed by atoms with van der Waals surface area (Å²) in [5.74, 6) is 0.110. The van der Waals surface area contributed by atoms with Gasteiger partial charge in [0.1, 0.15) is 11.9 Å². The SMILES string of the molecule is O=C(CC1NC(=O)N(Cc2ccccc2)C1=O)NCCc1nc2ccccc2[nH]1. The van der Waals surface area contributed by atoms with Gasteiger partial charge in [0.2, 0.25) is 5.91 Å². The smallest absolute Gasteiger partial charge is 0.325 e. The number of hydrogen-bond acceptors (Lipinski definition) is 4. The Kier molecular flexibility index (Phi) is 5.24. The highest BCUT2D eigenvalue weighted by atomic mass is 16.2. The lowest BCUT2D eigenvalue weighted by Gasteiger charge is -2.13. The van der Waals surface area contributed by atoms with Gasteiger partial charge in [0.05, 0.1) is 24.0 Å². The molecule has 0 saturated carbocycles. The van der Waals surface area contributed by atoms with Crippen LogP contribution in [0.1, 0.15) is 17.8 Å². The molecular formula is C21H21N5O3. The molecule has 1 aromatic heterocycles. The molecule has 4 rings (SSSR count). The normalized spacial score (nSPS) is 16.3. The lowest BCUT2D eigenvalue weighted by atomic mass is 10.1. The van der Waals surface area contributed by atoms with Crippen molar-refractivity contribution in [2.45, 2.75) is 25.4 Å². The number of imidazole rings is 1. The molecule has 148 valence electrons. The number of fused-ring (bicyclic) bond motifs is 1. The molecule has 0 aliphatic carbocycles. The molecule has 0 bridgehead atoms. The highest BCUT2D eigenvalue weighted by Crippen LogP contribution is 2.14. The molecule has 0 spiro atoms. The predicted octanol–water partition coefficient (Wildman–Crippen LogP) is 1.73. The number of imide groups is 1. The maximum atomic E-state index is 12.5. The Bertz CT molecular complexity index is 1010. The number of nitrogens with zero attached hydrogens (tertiary/aromatic N) is 2. The van der Waals surface area contributed by atoms with Gasteiger partial charge in [0.25, 0.3) is 5.91 Å². The van der Waals surface area contributed by atoms with E-state index in [-0.39, 0.29) is 24.8 Å². The van der Waals surface area contributed by atoms with Crippen molar-refractivity contribution >= 4 is 28.9 Å². The van der Waals surface area contributed by atoms with Crippen LogP contribution in [0.25, 0.3) is 11.0 Å². The number of benzene rings is 2. The number of hydrogen-bond donors (Lipinski definition) is 3. The Labute approximate surface area is 167 Å². The lowest BCUT2D eigenvalue weighted by Crippen LogP contribution is -2.37. The summed E-state index contributed by atoms with van der Waals surface area (Å²) in [6, 6.07) is 15.7. The summed E-state index contributed by atoms with van der Waals surface area (Å²) in [5.41, 5.74) is 2.69. The second kappa shape index (κ2) is 8.14. The van der Waals surface area contributed by atoms with Gasteiger partial charge in [-0.05, 0) is 17.7 Å². The molecule has 2 heterocycles. The molecule has 1 unspecified atom stereocenters. The average Bonchev–Trinajstić information content (AvgIpc) is 3.24. The quantitative estimate of drug-likeness (QED) is 0.533. The first-order valence-electron chi connectivity index (χ1n) is 9.46. The first kappa shape index (κ1) is 18.7. The molecule has 4 amide bonds. The van der Waals surface area contributed by atoms with Crippen LogP contribution in [0.2, 0.25) is 0 Å². The van der Waals surface area contributed by atoms with Crippen LogP contribution >= 0.6 is 0 Å². The van der Waals surface area contributed by atoms with E-state index in [1.165, 1.54) is 0 Å². The third kappa shape index (κ3) is 4.26. The summed E-state index contributed by atoms with van der Waals surface area (Å²) in [5, 5.41) is 5.37. The highest BCUT2D eigenvalue weighted by molar-refractivity contribution is 6.05. The number of amides is 4. The molecule has 1 fully saturated rings. The highest BCUT2D eigenvalue weighted by Gasteiger charge is 2.38. The number of carbonyl (C=O) groups excluding carboxylic acids is 3. The van der Waals surface area contributed by atoms with Crippen LogP contribution < -0.4 is 10.6 Å². The van der Waals surface area contributed by atoms with Crippen molar-refractivity contribution in [2.24, 2.45) is 0 Å². The number of urea groups is 1. The van der Waals surface area contributed by atoms with Crippen molar-refractivity contribution in [3.63, 3.8) is 0 Å². The van der Waals surface area contributed by atoms with Gasteiger partial charge in [-0.3, -0.25) is 14.5 Å². The van der Waals surface area contributed by atoms with Gasteiger partial charge in [0.15, 0.2) is 0 Å². The number of H-pyrrole nitrogens is 1. The first-order valence-corrected chi connectivity index (χ1v) is 9.46. The van der Waals surface area contributed by atoms with Crippen LogP contribution in [0.4, 0.5) is 4.79 Å². The molecule has 1 aliphatic heterocycles. The van der Waals surface area contributed by atoms with Crippen LogP contribution in [0.3, 0.4) is 0 Å². The Hall–Kier alpha value is -3.68. The standard InChI is InChI=1S/C21H21N5O3/c27-19(22-11-10-18-23-15-8-4-5-9-16(15)24-18)12-17-20(28)26(21(29)25-17)13-14-6-2-1-3-7-14/h1-9,17H,10-13H2,(H,22,27)(H,23,24)(H,25,29). The van der Waals surface area contributed by atoms with Gasteiger partial charge < -0.3 is 15.6 Å². The third-order valence-corrected chi connectivity index (χ3v) is 4.80. The minimum atomic E-state index is -0.836. The number of para-hydroxylation sites is 2. The van der Waals surface area contributed by atoms with E-state index in [1.54, 1.807) is 0 Å². The summed E-state index contributed by atoms with van der Waals surface area (Å²) < 4.78 is 0. The predicted molar refractivity (Wildman–Crippen MR) is 107 cm³/mol. The van der Waals surface area contributed by atoms with E-state index in [0.717, 1.165) is 27.3 Å². The number of nitrogens with one attached hydrogen (secondary N) is 3. The van der Waals surface area contributed by atoms with Gasteiger partial charge in [-0.15, -0.1) is 0 Å². The zero-order valence-corrected chi connectivity index (χ0v) is 15.7. The first-order chi connectivity index (χ1) is 14.1. The van der Waals surface area contributed by atoms with Gasteiger partial charge in [0, 0.05) is 13.0 Å². The molecule has 3 aromatic rings. The Morgan fingerprint density at radius 1 is 1.07 bits per heavy atom. The largest absolute Gasteiger partial charge is 0.356 e. The van der Waals surface area contributed by atoms with Gasteiger partial charge in [-0.1, -0.05) is 42.5 Å². The van der Waals surface area contributed by atoms with E-state index in [0.29, 0.717) is 13.0 Å². The molecule has 29 heavy (non-hydrogen) atoms. The number of aromatic amines is 1. The van der Waals surface area contributed by atoms with E-state index < -0.39 is 12.1 Å². The van der Waals surface area contributed by atoms with Gasteiger partial charge in [-0.25, -0.2) is 9.78 Å². The van der Waals surface area contributed by atoms with Crippen molar-refractivity contribution in [3.05, 3.63) is 66.0 Å². The van der Waals surface area contributed by atoms with Crippen molar-refractivity contribution in [1.29, 1.82) is 0 Å². The summed E-state index contributed by atoms with van der Waals surface area (Å²) in [4.78, 5) is 45.6. The van der Waals surface area contributed by atoms with Crippen LogP contribution in [-0.4, -0.2) is 45.3 Å². The molecule has 1 saturated heterocycles. The Morgan fingerprint density at radius 3 is 2.62 bits per heavy atom. The second-order valence-corrected chi connectivity index (χ2v) is 6.92. The Balaban J connectivity index is 1.27. The molecule has 8 nitrogen and oxygen atoms in total. The maximum Gasteiger partial charge on any atom is 0.325 e. The zero-order chi connectivity index (χ0) is 20.2. The van der Waals surface area contributed by atoms with Gasteiger partial charge in [-0.2, -0.15) is 0 Å². The minimum Gasteiger partial charge on any atom is -0.356 e. The molecule has 3 N–H and O–H groups in total. The molecule has 1 atom stereocenters. The fourth-order valence-corrected chi connectivity index (χ4v) is 3.33. The van der Waals surface area contributed by atoms with Crippen LogP contribution in [-0.2, 0) is 22.6 Å². The summed E-state index contributed by atoms with van der Waals surface area (Å²) >= 11 is 0. The number of aromatic nitrogens is 2. The lowest BCUT2D eigenvalue weighted by molar-refractivity contribution is -0.131. The maximum absolute atomic E-state index is 12.5. The fraction of sp³-hybridized carbons (Fsp3) is 0.238. The van der Waals surface area contributed by atoms with Crippen LogP contribution in [0, 0.1) is 0 Å². The molecular weight excluding hydrogens is 370 g/mol. The minimum absolute atomic E-state index is 0.0873. The van der Waals surface area contributed by atoms with E-state index in [1.807, 2.05) is 54.6 Å². The van der Waals surface area contributed by atoms with Crippen molar-refractivity contribution in [3.8, 4) is 0 Å². The summed E-state index contributed by atoms with van der Waals surface area (Å²) in [6.45, 7) is 0.580. The monoisotopic (exact) mass is 391 g/mol. The molecule has 1 aliphatic rings. The summed E-state index contributed by atoms with van der Waals surface area (Å²) in [6.07, 6.45) is 0.460.